The van der Waals surface area contributed by atoms with Crippen LogP contribution in [0.15, 0.2) is 0 Å². The van der Waals surface area contributed by atoms with E-state index in [-0.39, 0.29) is 0 Å². The van der Waals surface area contributed by atoms with Crippen LogP contribution in [0.4, 0.5) is 0 Å². The summed E-state index contributed by atoms with van der Waals surface area (Å²) >= 11 is 3.41. The average Bonchev–Trinajstić information content (AvgIpc) is 1.97. The fourth-order valence-electron chi connectivity index (χ4n) is 1.01. The van der Waals surface area contributed by atoms with Crippen LogP contribution < -0.4 is 0 Å². The molecule has 2 nitrogen and oxygen atoms in total. The standard InChI is InChI=1S/C8H18BrNO/c1-8(2)10(6-4-9)5-3-7-11/h8,11H,3-7H2,1-2H3. The molecule has 0 unspecified atom stereocenters. The molecule has 0 rings (SSSR count). The number of aliphatic hydroxyl groups excluding tert-OH is 1. The highest BCUT2D eigenvalue weighted by molar-refractivity contribution is 9.09. The van der Waals surface area contributed by atoms with Crippen molar-refractivity contribution in [1.82, 2.24) is 4.90 Å². The SMILES string of the molecule is CC(C)N(CCBr)CCCO. The van der Waals surface area contributed by atoms with Crippen molar-refractivity contribution in [2.45, 2.75) is 26.3 Å². The number of aliphatic hydroxyl groups is 1. The third-order valence-electron chi connectivity index (χ3n) is 1.71. The Labute approximate surface area is 77.7 Å². The molecule has 0 aliphatic rings. The molecule has 1 N–H and O–H groups in total. The lowest BCUT2D eigenvalue weighted by Gasteiger charge is -2.24. The van der Waals surface area contributed by atoms with Gasteiger partial charge in [0, 0.05) is 31.1 Å². The van der Waals surface area contributed by atoms with Crippen LogP contribution in [0.25, 0.3) is 0 Å². The Morgan fingerprint density at radius 1 is 1.36 bits per heavy atom. The van der Waals surface area contributed by atoms with Crippen LogP contribution in [0.1, 0.15) is 20.3 Å². The molecule has 68 valence electrons. The predicted octanol–water partition coefficient (Wildman–Crippen LogP) is 1.47. The molecular formula is C8H18BrNO. The zero-order valence-electron chi connectivity index (χ0n) is 7.39. The summed E-state index contributed by atoms with van der Waals surface area (Å²) in [5.41, 5.74) is 0. The maximum absolute atomic E-state index is 8.63. The lowest BCUT2D eigenvalue weighted by Crippen LogP contribution is -2.33. The van der Waals surface area contributed by atoms with Crippen molar-refractivity contribution < 1.29 is 5.11 Å². The minimum absolute atomic E-state index is 0.297. The van der Waals surface area contributed by atoms with Crippen LogP contribution in [-0.4, -0.2) is 41.1 Å². The first kappa shape index (κ1) is 11.4. The Kier molecular flexibility index (Phi) is 7.33. The van der Waals surface area contributed by atoms with Crippen LogP contribution in [0.5, 0.6) is 0 Å². The van der Waals surface area contributed by atoms with Gasteiger partial charge >= 0.3 is 0 Å². The number of halogens is 1. The molecule has 0 aromatic carbocycles. The second-order valence-corrected chi connectivity index (χ2v) is 3.69. The zero-order valence-corrected chi connectivity index (χ0v) is 8.97. The molecule has 0 fully saturated rings. The van der Waals surface area contributed by atoms with Gasteiger partial charge < -0.3 is 10.0 Å². The molecule has 0 heterocycles. The molecule has 0 bridgehead atoms. The van der Waals surface area contributed by atoms with Crippen molar-refractivity contribution in [1.29, 1.82) is 0 Å². The molecule has 0 atom stereocenters. The van der Waals surface area contributed by atoms with E-state index in [4.69, 9.17) is 5.11 Å². The lowest BCUT2D eigenvalue weighted by atomic mass is 10.3. The lowest BCUT2D eigenvalue weighted by molar-refractivity contribution is 0.201. The molecule has 0 aromatic heterocycles. The molecular weight excluding hydrogens is 206 g/mol. The summed E-state index contributed by atoms with van der Waals surface area (Å²) in [4.78, 5) is 2.35. The summed E-state index contributed by atoms with van der Waals surface area (Å²) in [5.74, 6) is 0. The van der Waals surface area contributed by atoms with E-state index in [1.54, 1.807) is 0 Å². The zero-order chi connectivity index (χ0) is 8.69. The molecule has 0 aliphatic heterocycles. The first-order valence-electron chi connectivity index (χ1n) is 4.13. The van der Waals surface area contributed by atoms with Gasteiger partial charge in [0.25, 0.3) is 0 Å². The molecule has 0 aliphatic carbocycles. The van der Waals surface area contributed by atoms with Crippen LogP contribution in [0.3, 0.4) is 0 Å². The van der Waals surface area contributed by atoms with E-state index in [1.807, 2.05) is 0 Å². The van der Waals surface area contributed by atoms with Gasteiger partial charge in [-0.2, -0.15) is 0 Å². The Bertz CT molecular complexity index is 88.2. The van der Waals surface area contributed by atoms with Crippen LogP contribution >= 0.6 is 15.9 Å². The van der Waals surface area contributed by atoms with E-state index >= 15 is 0 Å². The summed E-state index contributed by atoms with van der Waals surface area (Å²) in [5, 5.41) is 9.64. The third-order valence-corrected chi connectivity index (χ3v) is 2.06. The van der Waals surface area contributed by atoms with Gasteiger partial charge in [0.2, 0.25) is 0 Å². The minimum atomic E-state index is 0.297. The van der Waals surface area contributed by atoms with Gasteiger partial charge in [-0.15, -0.1) is 0 Å². The predicted molar refractivity (Wildman–Crippen MR) is 52.2 cm³/mol. The van der Waals surface area contributed by atoms with Crippen LogP contribution in [-0.2, 0) is 0 Å². The van der Waals surface area contributed by atoms with Gasteiger partial charge in [-0.25, -0.2) is 0 Å². The number of rotatable bonds is 6. The molecule has 0 saturated heterocycles. The highest BCUT2D eigenvalue weighted by Crippen LogP contribution is 2.00. The highest BCUT2D eigenvalue weighted by Gasteiger charge is 2.06. The summed E-state index contributed by atoms with van der Waals surface area (Å²) < 4.78 is 0. The van der Waals surface area contributed by atoms with Gasteiger partial charge in [-0.1, -0.05) is 15.9 Å². The van der Waals surface area contributed by atoms with E-state index in [9.17, 15) is 0 Å². The number of hydrogen-bond donors (Lipinski definition) is 1. The molecule has 0 radical (unpaired) electrons. The van der Waals surface area contributed by atoms with E-state index in [0.717, 1.165) is 24.8 Å². The topological polar surface area (TPSA) is 23.5 Å². The molecule has 0 amide bonds. The van der Waals surface area contributed by atoms with E-state index < -0.39 is 0 Å². The Morgan fingerprint density at radius 2 is 2.00 bits per heavy atom. The van der Waals surface area contributed by atoms with Gasteiger partial charge in [0.05, 0.1) is 0 Å². The minimum Gasteiger partial charge on any atom is -0.396 e. The Balaban J connectivity index is 3.51. The van der Waals surface area contributed by atoms with Gasteiger partial charge in [-0.05, 0) is 20.3 Å². The second kappa shape index (κ2) is 7.07. The second-order valence-electron chi connectivity index (χ2n) is 2.90. The Hall–Kier alpha value is 0.400. The maximum atomic E-state index is 8.63. The molecule has 0 aromatic rings. The number of hydrogen-bond acceptors (Lipinski definition) is 2. The van der Waals surface area contributed by atoms with Gasteiger partial charge in [0.15, 0.2) is 0 Å². The summed E-state index contributed by atoms with van der Waals surface area (Å²) in [6, 6.07) is 0.582. The summed E-state index contributed by atoms with van der Waals surface area (Å²) in [6.45, 7) is 6.73. The van der Waals surface area contributed by atoms with Crippen molar-refractivity contribution in [3.05, 3.63) is 0 Å². The maximum Gasteiger partial charge on any atom is 0.0443 e. The molecule has 0 spiro atoms. The largest absolute Gasteiger partial charge is 0.396 e. The van der Waals surface area contributed by atoms with E-state index in [0.29, 0.717) is 12.6 Å². The van der Waals surface area contributed by atoms with Crippen molar-refractivity contribution >= 4 is 15.9 Å². The quantitative estimate of drug-likeness (QED) is 0.690. The van der Waals surface area contributed by atoms with Crippen molar-refractivity contribution in [2.24, 2.45) is 0 Å². The molecule has 3 heteroatoms. The summed E-state index contributed by atoms with van der Waals surface area (Å²) in [6.07, 6.45) is 0.880. The number of nitrogens with zero attached hydrogens (tertiary/aromatic N) is 1. The van der Waals surface area contributed by atoms with Crippen molar-refractivity contribution in [3.8, 4) is 0 Å². The first-order valence-corrected chi connectivity index (χ1v) is 5.25. The van der Waals surface area contributed by atoms with Crippen LogP contribution in [0, 0.1) is 0 Å². The fraction of sp³-hybridized carbons (Fsp3) is 1.00. The monoisotopic (exact) mass is 223 g/mol. The Morgan fingerprint density at radius 3 is 2.36 bits per heavy atom. The molecule has 0 saturated carbocycles. The average molecular weight is 224 g/mol. The fourth-order valence-corrected chi connectivity index (χ4v) is 1.47. The van der Waals surface area contributed by atoms with Crippen molar-refractivity contribution in [3.63, 3.8) is 0 Å². The van der Waals surface area contributed by atoms with E-state index in [1.165, 1.54) is 0 Å². The summed E-state index contributed by atoms with van der Waals surface area (Å²) in [7, 11) is 0. The van der Waals surface area contributed by atoms with Crippen LogP contribution in [0.2, 0.25) is 0 Å². The third kappa shape index (κ3) is 5.65. The smallest absolute Gasteiger partial charge is 0.0443 e. The van der Waals surface area contributed by atoms with Gasteiger partial charge in [0.1, 0.15) is 0 Å². The normalized spacial score (nSPS) is 11.5. The van der Waals surface area contributed by atoms with Gasteiger partial charge in [-0.3, -0.25) is 0 Å². The van der Waals surface area contributed by atoms with E-state index in [2.05, 4.69) is 34.7 Å². The number of alkyl halides is 1. The molecule has 11 heavy (non-hydrogen) atoms. The highest BCUT2D eigenvalue weighted by atomic mass is 79.9. The first-order chi connectivity index (χ1) is 5.22. The van der Waals surface area contributed by atoms with Crippen molar-refractivity contribution in [2.75, 3.05) is 25.0 Å².